The van der Waals surface area contributed by atoms with Gasteiger partial charge < -0.3 is 24.6 Å². The van der Waals surface area contributed by atoms with Crippen molar-refractivity contribution in [2.24, 2.45) is 0 Å². The average Bonchev–Trinajstić information content (AvgIpc) is 2.89. The highest BCUT2D eigenvalue weighted by molar-refractivity contribution is 6.31. The number of alkyl halides is 1. The first kappa shape index (κ1) is 28.1. The SMILES string of the molecule is CCC(O)(CNC(=O)c1ccc(OCCF)c(OC)c1)c1ccc(OC)c(/C(C)=C/C(Cl)=C/F)n1. The van der Waals surface area contributed by atoms with Crippen LogP contribution in [-0.2, 0) is 5.60 Å². The topological polar surface area (TPSA) is 89.9 Å². The molecule has 0 bridgehead atoms. The molecule has 35 heavy (non-hydrogen) atoms. The van der Waals surface area contributed by atoms with E-state index in [4.69, 9.17) is 25.8 Å². The number of amides is 1. The molecule has 0 aliphatic carbocycles. The lowest BCUT2D eigenvalue weighted by Gasteiger charge is -2.27. The smallest absolute Gasteiger partial charge is 0.251 e. The van der Waals surface area contributed by atoms with Crippen molar-refractivity contribution < 1.29 is 32.9 Å². The highest BCUT2D eigenvalue weighted by Crippen LogP contribution is 2.31. The molecule has 0 saturated heterocycles. The van der Waals surface area contributed by atoms with E-state index in [1.54, 1.807) is 26.0 Å². The van der Waals surface area contributed by atoms with Gasteiger partial charge in [-0.1, -0.05) is 18.5 Å². The van der Waals surface area contributed by atoms with Gasteiger partial charge in [-0.15, -0.1) is 0 Å². The van der Waals surface area contributed by atoms with Crippen LogP contribution in [0, 0.1) is 0 Å². The summed E-state index contributed by atoms with van der Waals surface area (Å²) in [5.74, 6) is 0.543. The number of aromatic nitrogens is 1. The maximum Gasteiger partial charge on any atom is 0.251 e. The number of ether oxygens (including phenoxy) is 3. The van der Waals surface area contributed by atoms with E-state index in [2.05, 4.69) is 10.3 Å². The minimum atomic E-state index is -1.51. The normalized spacial score (nSPS) is 13.7. The Morgan fingerprint density at radius 3 is 2.49 bits per heavy atom. The van der Waals surface area contributed by atoms with Crippen molar-refractivity contribution in [1.82, 2.24) is 10.3 Å². The van der Waals surface area contributed by atoms with Gasteiger partial charge >= 0.3 is 0 Å². The fraction of sp³-hybridized carbons (Fsp3) is 0.360. The standard InChI is InChI=1S/C25H29ClF2N2O5/c1-5-25(32,22-9-8-20(33-3)23(30-22)16(2)12-18(26)14-28)15-29-24(31)17-6-7-19(35-11-10-27)21(13-17)34-4/h6-9,12-14,32H,5,10-11,15H2,1-4H3,(H,29,31)/b16-12+,18-14-. The van der Waals surface area contributed by atoms with Crippen LogP contribution in [0.5, 0.6) is 17.2 Å². The van der Waals surface area contributed by atoms with Crippen LogP contribution in [0.3, 0.4) is 0 Å². The van der Waals surface area contributed by atoms with E-state index in [1.807, 2.05) is 0 Å². The summed E-state index contributed by atoms with van der Waals surface area (Å²) in [7, 11) is 2.88. The molecule has 190 valence electrons. The van der Waals surface area contributed by atoms with Crippen LogP contribution < -0.4 is 19.5 Å². The van der Waals surface area contributed by atoms with Gasteiger partial charge in [0, 0.05) is 5.56 Å². The highest BCUT2D eigenvalue weighted by Gasteiger charge is 2.31. The summed E-state index contributed by atoms with van der Waals surface area (Å²) in [6, 6.07) is 7.71. The fourth-order valence-electron chi connectivity index (χ4n) is 3.26. The van der Waals surface area contributed by atoms with Crippen molar-refractivity contribution in [3.8, 4) is 17.2 Å². The van der Waals surface area contributed by atoms with Crippen LogP contribution >= 0.6 is 11.6 Å². The number of nitrogens with zero attached hydrogens (tertiary/aromatic N) is 1. The highest BCUT2D eigenvalue weighted by atomic mass is 35.5. The Labute approximate surface area is 208 Å². The third-order valence-corrected chi connectivity index (χ3v) is 5.47. The lowest BCUT2D eigenvalue weighted by atomic mass is 9.94. The van der Waals surface area contributed by atoms with Crippen LogP contribution in [0.1, 0.15) is 42.0 Å². The second-order valence-corrected chi connectivity index (χ2v) is 7.98. The number of hydrogen-bond acceptors (Lipinski definition) is 6. The summed E-state index contributed by atoms with van der Waals surface area (Å²) in [6.45, 7) is 2.51. The third kappa shape index (κ3) is 7.16. The molecule has 0 aliphatic rings. The Hall–Kier alpha value is -3.17. The maximum absolute atomic E-state index is 12.8. The molecule has 1 heterocycles. The van der Waals surface area contributed by atoms with Crippen LogP contribution in [0.15, 0.2) is 47.8 Å². The number of aliphatic hydroxyl groups is 1. The second kappa shape index (κ2) is 13.1. The Morgan fingerprint density at radius 2 is 1.89 bits per heavy atom. The Kier molecular flexibility index (Phi) is 10.5. The summed E-state index contributed by atoms with van der Waals surface area (Å²) in [5, 5.41) is 13.9. The summed E-state index contributed by atoms with van der Waals surface area (Å²) >= 11 is 5.77. The van der Waals surface area contributed by atoms with E-state index in [-0.39, 0.29) is 47.9 Å². The molecule has 0 radical (unpaired) electrons. The third-order valence-electron chi connectivity index (χ3n) is 5.27. The Balaban J connectivity index is 2.28. The number of carbonyl (C=O) groups excluding carboxylic acids is 1. The average molecular weight is 511 g/mol. The van der Waals surface area contributed by atoms with Crippen molar-refractivity contribution in [3.63, 3.8) is 0 Å². The van der Waals surface area contributed by atoms with Gasteiger partial charge in [0.15, 0.2) is 11.5 Å². The first-order chi connectivity index (χ1) is 16.7. The number of hydrogen-bond donors (Lipinski definition) is 2. The van der Waals surface area contributed by atoms with Gasteiger partial charge in [0.1, 0.15) is 36.7 Å². The lowest BCUT2D eigenvalue weighted by Crippen LogP contribution is -2.41. The van der Waals surface area contributed by atoms with Gasteiger partial charge in [-0.3, -0.25) is 4.79 Å². The zero-order chi connectivity index (χ0) is 26.0. The number of nitrogens with one attached hydrogen (secondary N) is 1. The van der Waals surface area contributed by atoms with E-state index in [0.29, 0.717) is 22.8 Å². The molecule has 7 nitrogen and oxygen atoms in total. The molecule has 0 spiro atoms. The minimum absolute atomic E-state index is 0.119. The Morgan fingerprint density at radius 1 is 1.20 bits per heavy atom. The molecular formula is C25H29ClF2N2O5. The van der Waals surface area contributed by atoms with Gasteiger partial charge in [-0.2, -0.15) is 0 Å². The molecule has 10 heteroatoms. The van der Waals surface area contributed by atoms with E-state index in [9.17, 15) is 18.7 Å². The van der Waals surface area contributed by atoms with Crippen molar-refractivity contribution in [2.75, 3.05) is 34.0 Å². The predicted octanol–water partition coefficient (Wildman–Crippen LogP) is 4.93. The van der Waals surface area contributed by atoms with Crippen LogP contribution in [0.25, 0.3) is 5.57 Å². The number of benzene rings is 1. The monoisotopic (exact) mass is 510 g/mol. The molecule has 2 rings (SSSR count). The number of carbonyl (C=O) groups is 1. The fourth-order valence-corrected chi connectivity index (χ4v) is 3.42. The van der Waals surface area contributed by atoms with E-state index < -0.39 is 18.2 Å². The second-order valence-electron chi connectivity index (χ2n) is 7.54. The number of allylic oxidation sites excluding steroid dienone is 3. The number of halogens is 3. The summed E-state index contributed by atoms with van der Waals surface area (Å²) in [5.41, 5.74) is -0.0613. The largest absolute Gasteiger partial charge is 0.494 e. The van der Waals surface area contributed by atoms with Crippen LogP contribution in [-0.4, -0.2) is 50.0 Å². The lowest BCUT2D eigenvalue weighted by molar-refractivity contribution is 0.0273. The molecule has 2 N–H and O–H groups in total. The molecule has 1 atom stereocenters. The van der Waals surface area contributed by atoms with Crippen LogP contribution in [0.4, 0.5) is 8.78 Å². The molecule has 0 saturated carbocycles. The summed E-state index contributed by atoms with van der Waals surface area (Å²) < 4.78 is 40.9. The van der Waals surface area contributed by atoms with Crippen molar-refractivity contribution in [1.29, 1.82) is 0 Å². The number of pyridine rings is 1. The zero-order valence-electron chi connectivity index (χ0n) is 20.0. The number of methoxy groups -OCH3 is 2. The molecule has 1 aromatic carbocycles. The molecule has 0 aliphatic heterocycles. The molecule has 2 aromatic rings. The van der Waals surface area contributed by atoms with E-state index in [0.717, 1.165) is 0 Å². The van der Waals surface area contributed by atoms with Gasteiger partial charge in [0.05, 0.1) is 31.5 Å². The molecule has 1 unspecified atom stereocenters. The number of rotatable bonds is 12. The van der Waals surface area contributed by atoms with Crippen molar-refractivity contribution in [2.45, 2.75) is 25.9 Å². The van der Waals surface area contributed by atoms with Crippen molar-refractivity contribution in [3.05, 3.63) is 64.7 Å². The van der Waals surface area contributed by atoms with E-state index >= 15 is 0 Å². The predicted molar refractivity (Wildman–Crippen MR) is 130 cm³/mol. The quantitative estimate of drug-likeness (QED) is 0.394. The van der Waals surface area contributed by atoms with Gasteiger partial charge in [-0.05, 0) is 55.3 Å². The molecule has 0 fully saturated rings. The van der Waals surface area contributed by atoms with Gasteiger partial charge in [-0.25, -0.2) is 13.8 Å². The summed E-state index contributed by atoms with van der Waals surface area (Å²) in [4.78, 5) is 17.3. The van der Waals surface area contributed by atoms with Crippen LogP contribution in [0.2, 0.25) is 0 Å². The van der Waals surface area contributed by atoms with Crippen molar-refractivity contribution >= 4 is 23.1 Å². The van der Waals surface area contributed by atoms with Gasteiger partial charge in [0.2, 0.25) is 0 Å². The van der Waals surface area contributed by atoms with Gasteiger partial charge in [0.25, 0.3) is 5.91 Å². The zero-order valence-corrected chi connectivity index (χ0v) is 20.8. The Bertz CT molecular complexity index is 1090. The maximum atomic E-state index is 12.8. The molecular weight excluding hydrogens is 482 g/mol. The first-order valence-electron chi connectivity index (χ1n) is 10.8. The summed E-state index contributed by atoms with van der Waals surface area (Å²) in [6.07, 6.45) is 1.88. The molecule has 1 aromatic heterocycles. The minimum Gasteiger partial charge on any atom is -0.494 e. The first-order valence-corrected chi connectivity index (χ1v) is 11.2. The van der Waals surface area contributed by atoms with E-state index in [1.165, 1.54) is 38.5 Å². The molecule has 1 amide bonds.